The summed E-state index contributed by atoms with van der Waals surface area (Å²) in [4.78, 5) is 21.4. The molecule has 0 spiro atoms. The van der Waals surface area contributed by atoms with Crippen molar-refractivity contribution in [3.05, 3.63) is 47.5 Å². The van der Waals surface area contributed by atoms with Crippen LogP contribution in [0.15, 0.2) is 36.8 Å². The summed E-state index contributed by atoms with van der Waals surface area (Å²) in [7, 11) is 0. The second kappa shape index (κ2) is 7.51. The second-order valence-corrected chi connectivity index (χ2v) is 6.29. The molecule has 1 atom stereocenters. The van der Waals surface area contributed by atoms with E-state index >= 15 is 0 Å². The number of nitrogens with zero attached hydrogens (tertiary/aromatic N) is 2. The molecule has 1 fully saturated rings. The van der Waals surface area contributed by atoms with Gasteiger partial charge in [0, 0.05) is 37.4 Å². The first kappa shape index (κ1) is 15.9. The van der Waals surface area contributed by atoms with E-state index in [9.17, 15) is 4.79 Å². The van der Waals surface area contributed by atoms with Crippen molar-refractivity contribution in [1.82, 2.24) is 15.3 Å². The first-order chi connectivity index (χ1) is 11.2. The summed E-state index contributed by atoms with van der Waals surface area (Å²) >= 11 is 6.28. The fraction of sp³-hybridized carbons (Fsp3) is 0.412. The Balaban J connectivity index is 1.52. The van der Waals surface area contributed by atoms with Gasteiger partial charge in [0.05, 0.1) is 17.0 Å². The van der Waals surface area contributed by atoms with E-state index in [0.717, 1.165) is 42.3 Å². The molecule has 0 saturated carbocycles. The summed E-state index contributed by atoms with van der Waals surface area (Å²) in [5.74, 6) is 0.0885. The van der Waals surface area contributed by atoms with E-state index in [4.69, 9.17) is 11.6 Å². The quantitative estimate of drug-likeness (QED) is 0.885. The van der Waals surface area contributed by atoms with Gasteiger partial charge >= 0.3 is 0 Å². The molecule has 1 aliphatic heterocycles. The Kier molecular flexibility index (Phi) is 5.18. The van der Waals surface area contributed by atoms with Crippen molar-refractivity contribution in [2.45, 2.75) is 31.7 Å². The predicted octanol–water partition coefficient (Wildman–Crippen LogP) is 2.78. The number of para-hydroxylation sites is 1. The third-order valence-electron chi connectivity index (χ3n) is 4.16. The minimum absolute atomic E-state index is 0.0885. The Bertz CT molecular complexity index is 644. The lowest BCUT2D eigenvalue weighted by atomic mass is 10.0. The Morgan fingerprint density at radius 3 is 3.09 bits per heavy atom. The van der Waals surface area contributed by atoms with Gasteiger partial charge in [0.15, 0.2) is 0 Å². The number of hydrogen-bond donors (Lipinski definition) is 2. The molecule has 2 heterocycles. The van der Waals surface area contributed by atoms with Crippen LogP contribution in [0.1, 0.15) is 25.0 Å². The van der Waals surface area contributed by atoms with Gasteiger partial charge in [-0.05, 0) is 31.4 Å². The SMILES string of the molecule is O=C(CCc1cnc[nH]1)NC1CCCN(c2ccccc2Cl)C1. The zero-order chi connectivity index (χ0) is 16.1. The van der Waals surface area contributed by atoms with Crippen molar-refractivity contribution < 1.29 is 4.79 Å². The van der Waals surface area contributed by atoms with Crippen LogP contribution in [-0.2, 0) is 11.2 Å². The highest BCUT2D eigenvalue weighted by Crippen LogP contribution is 2.27. The lowest BCUT2D eigenvalue weighted by molar-refractivity contribution is -0.121. The van der Waals surface area contributed by atoms with Gasteiger partial charge in [-0.1, -0.05) is 23.7 Å². The predicted molar refractivity (Wildman–Crippen MR) is 91.7 cm³/mol. The summed E-state index contributed by atoms with van der Waals surface area (Å²) < 4.78 is 0. The number of anilines is 1. The van der Waals surface area contributed by atoms with Gasteiger partial charge in [-0.25, -0.2) is 4.98 Å². The highest BCUT2D eigenvalue weighted by atomic mass is 35.5. The molecule has 1 aromatic heterocycles. The Morgan fingerprint density at radius 2 is 2.30 bits per heavy atom. The van der Waals surface area contributed by atoms with Gasteiger partial charge in [0.1, 0.15) is 0 Å². The van der Waals surface area contributed by atoms with E-state index in [-0.39, 0.29) is 11.9 Å². The average Bonchev–Trinajstić information content (AvgIpc) is 3.07. The largest absolute Gasteiger partial charge is 0.368 e. The van der Waals surface area contributed by atoms with Gasteiger partial charge in [-0.3, -0.25) is 4.79 Å². The van der Waals surface area contributed by atoms with Crippen LogP contribution in [0.25, 0.3) is 0 Å². The van der Waals surface area contributed by atoms with Crippen LogP contribution in [0.2, 0.25) is 5.02 Å². The summed E-state index contributed by atoms with van der Waals surface area (Å²) in [5, 5.41) is 3.91. The maximum absolute atomic E-state index is 12.1. The van der Waals surface area contributed by atoms with Crippen molar-refractivity contribution in [1.29, 1.82) is 0 Å². The Hall–Kier alpha value is -2.01. The number of piperidine rings is 1. The van der Waals surface area contributed by atoms with Gasteiger partial charge in [-0.15, -0.1) is 0 Å². The number of carbonyl (C=O) groups is 1. The molecule has 0 radical (unpaired) electrons. The molecule has 1 aliphatic rings. The van der Waals surface area contributed by atoms with E-state index in [2.05, 4.69) is 20.2 Å². The number of amides is 1. The number of carbonyl (C=O) groups excluding carboxylic acids is 1. The van der Waals surface area contributed by atoms with Crippen LogP contribution >= 0.6 is 11.6 Å². The molecular formula is C17H21ClN4O. The molecule has 3 rings (SSSR count). The molecule has 1 unspecified atom stereocenters. The minimum Gasteiger partial charge on any atom is -0.368 e. The van der Waals surface area contributed by atoms with Crippen molar-refractivity contribution in [2.75, 3.05) is 18.0 Å². The number of halogens is 1. The van der Waals surface area contributed by atoms with Gasteiger partial charge in [0.25, 0.3) is 0 Å². The van der Waals surface area contributed by atoms with Crippen LogP contribution in [0.4, 0.5) is 5.69 Å². The van der Waals surface area contributed by atoms with Crippen LogP contribution in [0.5, 0.6) is 0 Å². The van der Waals surface area contributed by atoms with E-state index in [1.807, 2.05) is 24.3 Å². The second-order valence-electron chi connectivity index (χ2n) is 5.88. The molecule has 1 amide bonds. The molecule has 0 aliphatic carbocycles. The van der Waals surface area contributed by atoms with Gasteiger partial charge in [-0.2, -0.15) is 0 Å². The highest BCUT2D eigenvalue weighted by molar-refractivity contribution is 6.33. The molecular weight excluding hydrogens is 312 g/mol. The van der Waals surface area contributed by atoms with E-state index in [1.165, 1.54) is 0 Å². The fourth-order valence-corrected chi connectivity index (χ4v) is 3.25. The molecule has 1 saturated heterocycles. The molecule has 2 N–H and O–H groups in total. The topological polar surface area (TPSA) is 61.0 Å². The molecule has 1 aromatic carbocycles. The van der Waals surface area contributed by atoms with Crippen molar-refractivity contribution in [3.8, 4) is 0 Å². The van der Waals surface area contributed by atoms with Crippen LogP contribution in [0.3, 0.4) is 0 Å². The summed E-state index contributed by atoms with van der Waals surface area (Å²) in [6.07, 6.45) is 6.62. The number of H-pyrrole nitrogens is 1. The summed E-state index contributed by atoms with van der Waals surface area (Å²) in [5.41, 5.74) is 2.03. The van der Waals surface area contributed by atoms with Crippen LogP contribution in [-0.4, -0.2) is 35.0 Å². The van der Waals surface area contributed by atoms with E-state index < -0.39 is 0 Å². The minimum atomic E-state index is 0.0885. The van der Waals surface area contributed by atoms with Crippen molar-refractivity contribution in [2.24, 2.45) is 0 Å². The van der Waals surface area contributed by atoms with E-state index in [1.54, 1.807) is 12.5 Å². The Labute approximate surface area is 141 Å². The smallest absolute Gasteiger partial charge is 0.220 e. The first-order valence-corrected chi connectivity index (χ1v) is 8.36. The number of imidazole rings is 1. The molecule has 122 valence electrons. The van der Waals surface area contributed by atoms with Crippen molar-refractivity contribution in [3.63, 3.8) is 0 Å². The normalized spacial score (nSPS) is 18.0. The maximum Gasteiger partial charge on any atom is 0.220 e. The van der Waals surface area contributed by atoms with Crippen molar-refractivity contribution >= 4 is 23.2 Å². The third kappa shape index (κ3) is 4.26. The zero-order valence-electron chi connectivity index (χ0n) is 13.0. The first-order valence-electron chi connectivity index (χ1n) is 7.98. The average molecular weight is 333 g/mol. The third-order valence-corrected chi connectivity index (χ3v) is 4.48. The number of nitrogens with one attached hydrogen (secondary N) is 2. The number of aryl methyl sites for hydroxylation is 1. The number of rotatable bonds is 5. The number of aromatic nitrogens is 2. The van der Waals surface area contributed by atoms with Gasteiger partial charge in [0.2, 0.25) is 5.91 Å². The highest BCUT2D eigenvalue weighted by Gasteiger charge is 2.22. The maximum atomic E-state index is 12.1. The summed E-state index contributed by atoms with van der Waals surface area (Å²) in [6.45, 7) is 1.78. The lowest BCUT2D eigenvalue weighted by Crippen LogP contribution is -2.48. The van der Waals surface area contributed by atoms with Gasteiger partial charge < -0.3 is 15.2 Å². The van der Waals surface area contributed by atoms with E-state index in [0.29, 0.717) is 12.8 Å². The monoisotopic (exact) mass is 332 g/mol. The number of hydrogen-bond acceptors (Lipinski definition) is 3. The molecule has 6 heteroatoms. The molecule has 5 nitrogen and oxygen atoms in total. The van der Waals surface area contributed by atoms with Crippen LogP contribution in [0, 0.1) is 0 Å². The number of benzene rings is 1. The molecule has 23 heavy (non-hydrogen) atoms. The fourth-order valence-electron chi connectivity index (χ4n) is 2.99. The van der Waals surface area contributed by atoms with Crippen LogP contribution < -0.4 is 10.2 Å². The summed E-state index contributed by atoms with van der Waals surface area (Å²) in [6, 6.07) is 8.04. The zero-order valence-corrected chi connectivity index (χ0v) is 13.7. The number of aromatic amines is 1. The Morgan fingerprint density at radius 1 is 1.43 bits per heavy atom. The molecule has 2 aromatic rings. The lowest BCUT2D eigenvalue weighted by Gasteiger charge is -2.35. The standard InChI is InChI=1S/C17H21ClN4O/c18-15-5-1-2-6-16(15)22-9-3-4-14(11-22)21-17(23)8-7-13-10-19-12-20-13/h1-2,5-6,10,12,14H,3-4,7-9,11H2,(H,19,20)(H,21,23). The molecule has 0 bridgehead atoms.